The van der Waals surface area contributed by atoms with E-state index in [0.717, 1.165) is 0 Å². The van der Waals surface area contributed by atoms with Gasteiger partial charge in [-0.1, -0.05) is 13.8 Å². The fourth-order valence-corrected chi connectivity index (χ4v) is 1.93. The number of ether oxygens (including phenoxy) is 1. The van der Waals surface area contributed by atoms with Crippen molar-refractivity contribution in [1.82, 2.24) is 0 Å². The summed E-state index contributed by atoms with van der Waals surface area (Å²) in [5.41, 5.74) is 0. The predicted octanol–water partition coefficient (Wildman–Crippen LogP) is 1.80. The molecule has 0 aromatic carbocycles. The normalized spacial score (nSPS) is 18.1. The molecule has 0 bridgehead atoms. The largest absolute Gasteiger partial charge is 0.466 e. The van der Waals surface area contributed by atoms with Crippen LogP contribution in [0.4, 0.5) is 0 Å². The maximum Gasteiger partial charge on any atom is 0.311 e. The van der Waals surface area contributed by atoms with Crippen molar-refractivity contribution in [2.75, 3.05) is 6.61 Å². The Morgan fingerprint density at radius 1 is 1.33 bits per heavy atom. The van der Waals surface area contributed by atoms with E-state index in [4.69, 9.17) is 4.74 Å². The summed E-state index contributed by atoms with van der Waals surface area (Å²) in [6.45, 7) is 5.95. The summed E-state index contributed by atoms with van der Waals surface area (Å²) in [6, 6.07) is 0. The first kappa shape index (κ1) is 12.2. The lowest BCUT2D eigenvalue weighted by Gasteiger charge is -2.20. The quantitative estimate of drug-likeness (QED) is 0.544. The maximum atomic E-state index is 11.3. The smallest absolute Gasteiger partial charge is 0.311 e. The van der Waals surface area contributed by atoms with Gasteiger partial charge in [-0.3, -0.25) is 4.79 Å². The SMILES string of the molecule is CCOC(=O)C(C(C)S)C(C)S. The standard InChI is InChI=1S/C8H16O2S2/c1-4-10-8(9)7(5(2)11)6(3)12/h5-7,11-12H,4H2,1-3H3. The fourth-order valence-electron chi connectivity index (χ4n) is 1.04. The van der Waals surface area contributed by atoms with E-state index in [1.807, 2.05) is 13.8 Å². The second-order valence-electron chi connectivity index (χ2n) is 2.76. The molecule has 4 heteroatoms. The molecule has 0 aliphatic heterocycles. The lowest BCUT2D eigenvalue weighted by molar-refractivity contribution is -0.147. The van der Waals surface area contributed by atoms with Gasteiger partial charge in [0.05, 0.1) is 12.5 Å². The van der Waals surface area contributed by atoms with E-state index in [-0.39, 0.29) is 22.4 Å². The zero-order valence-corrected chi connectivity index (χ0v) is 9.44. The summed E-state index contributed by atoms with van der Waals surface area (Å²) in [5, 5.41) is -0.0342. The third-order valence-corrected chi connectivity index (χ3v) is 2.24. The second-order valence-corrected chi connectivity index (χ2v) is 4.39. The Labute approximate surface area is 84.9 Å². The van der Waals surface area contributed by atoms with E-state index >= 15 is 0 Å². The number of carbonyl (C=O) groups excluding carboxylic acids is 1. The number of esters is 1. The summed E-state index contributed by atoms with van der Waals surface area (Å²) in [5.74, 6) is -0.431. The number of hydrogen-bond acceptors (Lipinski definition) is 4. The Morgan fingerprint density at radius 3 is 2.00 bits per heavy atom. The summed E-state index contributed by atoms with van der Waals surface area (Å²) in [4.78, 5) is 11.3. The molecule has 0 fully saturated rings. The van der Waals surface area contributed by atoms with E-state index in [1.54, 1.807) is 6.92 Å². The Hall–Kier alpha value is 0.170. The van der Waals surface area contributed by atoms with Gasteiger partial charge in [-0.15, -0.1) is 0 Å². The minimum absolute atomic E-state index is 0.0171. The van der Waals surface area contributed by atoms with Gasteiger partial charge in [-0.2, -0.15) is 25.3 Å². The molecule has 0 saturated carbocycles. The third-order valence-electron chi connectivity index (χ3n) is 1.60. The molecule has 2 atom stereocenters. The van der Waals surface area contributed by atoms with Crippen LogP contribution in [-0.4, -0.2) is 23.1 Å². The van der Waals surface area contributed by atoms with Crippen molar-refractivity contribution in [2.24, 2.45) is 5.92 Å². The molecule has 0 spiro atoms. The number of carbonyl (C=O) groups is 1. The first-order valence-electron chi connectivity index (χ1n) is 4.03. The average Bonchev–Trinajstić information content (AvgIpc) is 1.85. The summed E-state index contributed by atoms with van der Waals surface area (Å²) < 4.78 is 4.89. The van der Waals surface area contributed by atoms with E-state index in [0.29, 0.717) is 6.61 Å². The van der Waals surface area contributed by atoms with E-state index in [1.165, 1.54) is 0 Å². The van der Waals surface area contributed by atoms with Gasteiger partial charge in [-0.05, 0) is 6.92 Å². The molecule has 0 saturated heterocycles. The van der Waals surface area contributed by atoms with Gasteiger partial charge in [0, 0.05) is 10.5 Å². The van der Waals surface area contributed by atoms with Crippen molar-refractivity contribution in [2.45, 2.75) is 31.3 Å². The van der Waals surface area contributed by atoms with Crippen LogP contribution < -0.4 is 0 Å². The minimum atomic E-state index is -0.225. The molecule has 0 amide bonds. The number of hydrogen-bond donors (Lipinski definition) is 2. The van der Waals surface area contributed by atoms with Crippen molar-refractivity contribution in [3.05, 3.63) is 0 Å². The first-order chi connectivity index (χ1) is 5.50. The number of thiol groups is 2. The lowest BCUT2D eigenvalue weighted by Crippen LogP contribution is -2.31. The molecule has 0 heterocycles. The van der Waals surface area contributed by atoms with Gasteiger partial charge in [0.1, 0.15) is 0 Å². The second kappa shape index (κ2) is 5.75. The van der Waals surface area contributed by atoms with Crippen LogP contribution >= 0.6 is 25.3 Å². The average molecular weight is 208 g/mol. The molecule has 0 radical (unpaired) electrons. The maximum absolute atomic E-state index is 11.3. The highest BCUT2D eigenvalue weighted by molar-refractivity contribution is 7.82. The van der Waals surface area contributed by atoms with Crippen molar-refractivity contribution in [3.8, 4) is 0 Å². The third kappa shape index (κ3) is 3.72. The highest BCUT2D eigenvalue weighted by Gasteiger charge is 2.27. The zero-order chi connectivity index (χ0) is 9.72. The van der Waals surface area contributed by atoms with Crippen LogP contribution in [0.2, 0.25) is 0 Å². The molecule has 2 unspecified atom stereocenters. The predicted molar refractivity (Wildman–Crippen MR) is 57.0 cm³/mol. The molecule has 0 aliphatic rings. The van der Waals surface area contributed by atoms with Crippen molar-refractivity contribution >= 4 is 31.2 Å². The van der Waals surface area contributed by atoms with Gasteiger partial charge in [0.25, 0.3) is 0 Å². The molecule has 0 rings (SSSR count). The van der Waals surface area contributed by atoms with Crippen LogP contribution in [0.15, 0.2) is 0 Å². The molecule has 0 aromatic heterocycles. The Kier molecular flexibility index (Phi) is 5.84. The van der Waals surface area contributed by atoms with E-state index in [9.17, 15) is 4.79 Å². The van der Waals surface area contributed by atoms with Crippen molar-refractivity contribution in [1.29, 1.82) is 0 Å². The van der Waals surface area contributed by atoms with Gasteiger partial charge in [-0.25, -0.2) is 0 Å². The molecule has 0 N–H and O–H groups in total. The lowest BCUT2D eigenvalue weighted by atomic mass is 10.0. The summed E-state index contributed by atoms with van der Waals surface area (Å²) >= 11 is 8.43. The van der Waals surface area contributed by atoms with Crippen LogP contribution in [-0.2, 0) is 9.53 Å². The van der Waals surface area contributed by atoms with E-state index < -0.39 is 0 Å². The molecule has 72 valence electrons. The highest BCUT2D eigenvalue weighted by Crippen LogP contribution is 2.19. The van der Waals surface area contributed by atoms with E-state index in [2.05, 4.69) is 25.3 Å². The van der Waals surface area contributed by atoms with Gasteiger partial charge >= 0.3 is 5.97 Å². The Balaban J connectivity index is 4.20. The van der Waals surface area contributed by atoms with Crippen molar-refractivity contribution in [3.63, 3.8) is 0 Å². The van der Waals surface area contributed by atoms with Gasteiger partial charge in [0.15, 0.2) is 0 Å². The summed E-state index contributed by atoms with van der Waals surface area (Å²) in [6.07, 6.45) is 0. The molecular formula is C8H16O2S2. The van der Waals surface area contributed by atoms with Crippen LogP contribution in [0.1, 0.15) is 20.8 Å². The molecular weight excluding hydrogens is 192 g/mol. The molecule has 0 aliphatic carbocycles. The molecule has 12 heavy (non-hydrogen) atoms. The first-order valence-corrected chi connectivity index (χ1v) is 5.06. The van der Waals surface area contributed by atoms with Crippen LogP contribution in [0.25, 0.3) is 0 Å². The number of rotatable bonds is 4. The van der Waals surface area contributed by atoms with Gasteiger partial charge in [0.2, 0.25) is 0 Å². The summed E-state index contributed by atoms with van der Waals surface area (Å²) in [7, 11) is 0. The Bertz CT molecular complexity index is 138. The minimum Gasteiger partial charge on any atom is -0.466 e. The molecule has 2 nitrogen and oxygen atoms in total. The Morgan fingerprint density at radius 2 is 1.75 bits per heavy atom. The topological polar surface area (TPSA) is 26.3 Å². The monoisotopic (exact) mass is 208 g/mol. The van der Waals surface area contributed by atoms with Gasteiger partial charge < -0.3 is 4.74 Å². The highest BCUT2D eigenvalue weighted by atomic mass is 32.1. The fraction of sp³-hybridized carbons (Fsp3) is 0.875. The molecule has 0 aromatic rings. The van der Waals surface area contributed by atoms with Crippen LogP contribution in [0.5, 0.6) is 0 Å². The van der Waals surface area contributed by atoms with Crippen LogP contribution in [0.3, 0.4) is 0 Å². The zero-order valence-electron chi connectivity index (χ0n) is 7.65. The van der Waals surface area contributed by atoms with Crippen molar-refractivity contribution < 1.29 is 9.53 Å². The van der Waals surface area contributed by atoms with Crippen LogP contribution in [0, 0.1) is 5.92 Å².